The summed E-state index contributed by atoms with van der Waals surface area (Å²) in [6.45, 7) is 6.26. The summed E-state index contributed by atoms with van der Waals surface area (Å²) < 4.78 is 5.36. The number of furan rings is 1. The fourth-order valence-electron chi connectivity index (χ4n) is 3.27. The van der Waals surface area contributed by atoms with Crippen molar-refractivity contribution in [2.45, 2.75) is 39.3 Å². The molecular weight excluding hydrogens is 226 g/mol. The Morgan fingerprint density at radius 3 is 2.78 bits per heavy atom. The summed E-state index contributed by atoms with van der Waals surface area (Å²) >= 11 is 0. The van der Waals surface area contributed by atoms with Gasteiger partial charge in [0.05, 0.1) is 18.9 Å². The van der Waals surface area contributed by atoms with E-state index in [0.717, 1.165) is 25.3 Å². The molecule has 0 aromatic carbocycles. The average molecular weight is 251 g/mol. The highest BCUT2D eigenvalue weighted by atomic mass is 16.3. The van der Waals surface area contributed by atoms with Crippen LogP contribution >= 0.6 is 0 Å². The van der Waals surface area contributed by atoms with Crippen LogP contribution in [0.5, 0.6) is 0 Å². The van der Waals surface area contributed by atoms with Gasteiger partial charge in [0, 0.05) is 12.5 Å². The molecule has 0 spiro atoms. The van der Waals surface area contributed by atoms with Crippen LogP contribution in [-0.4, -0.2) is 29.7 Å². The monoisotopic (exact) mass is 251 g/mol. The van der Waals surface area contributed by atoms with E-state index in [0.29, 0.717) is 17.8 Å². The molecule has 3 heteroatoms. The van der Waals surface area contributed by atoms with Crippen LogP contribution in [-0.2, 0) is 6.54 Å². The fraction of sp³-hybridized carbons (Fsp3) is 0.733. The fourth-order valence-corrected chi connectivity index (χ4v) is 3.27. The molecule has 1 aliphatic rings. The first-order chi connectivity index (χ1) is 8.56. The Hall–Kier alpha value is -0.800. The van der Waals surface area contributed by atoms with Crippen molar-refractivity contribution < 1.29 is 9.52 Å². The van der Waals surface area contributed by atoms with E-state index < -0.39 is 0 Å². The summed E-state index contributed by atoms with van der Waals surface area (Å²) in [5.74, 6) is 2.63. The second-order valence-corrected chi connectivity index (χ2v) is 6.06. The highest BCUT2D eigenvalue weighted by Gasteiger charge is 2.33. The number of aliphatic hydroxyl groups is 1. The molecule has 4 unspecified atom stereocenters. The van der Waals surface area contributed by atoms with Gasteiger partial charge in [0.1, 0.15) is 5.76 Å². The minimum Gasteiger partial charge on any atom is -0.468 e. The molecule has 0 aliphatic heterocycles. The van der Waals surface area contributed by atoms with Crippen molar-refractivity contribution in [3.8, 4) is 0 Å². The summed E-state index contributed by atoms with van der Waals surface area (Å²) in [6.07, 6.45) is 3.74. The molecule has 4 atom stereocenters. The molecule has 1 aromatic rings. The van der Waals surface area contributed by atoms with Gasteiger partial charge in [0.2, 0.25) is 0 Å². The number of rotatable bonds is 4. The summed E-state index contributed by atoms with van der Waals surface area (Å²) in [7, 11) is 2.10. The molecule has 1 aliphatic carbocycles. The number of nitrogens with zero attached hydrogens (tertiary/aromatic N) is 1. The topological polar surface area (TPSA) is 36.6 Å². The van der Waals surface area contributed by atoms with Crippen molar-refractivity contribution in [3.63, 3.8) is 0 Å². The molecule has 0 radical (unpaired) electrons. The Morgan fingerprint density at radius 2 is 2.17 bits per heavy atom. The molecule has 0 amide bonds. The van der Waals surface area contributed by atoms with Gasteiger partial charge in [-0.25, -0.2) is 0 Å². The minimum atomic E-state index is -0.150. The predicted octanol–water partition coefficient (Wildman–Crippen LogP) is 2.75. The molecule has 1 aromatic heterocycles. The van der Waals surface area contributed by atoms with Gasteiger partial charge in [0.15, 0.2) is 0 Å². The lowest BCUT2D eigenvalue weighted by Crippen LogP contribution is -2.41. The Kier molecular flexibility index (Phi) is 4.46. The van der Waals surface area contributed by atoms with Crippen molar-refractivity contribution in [3.05, 3.63) is 24.2 Å². The minimum absolute atomic E-state index is 0.150. The van der Waals surface area contributed by atoms with Gasteiger partial charge in [-0.15, -0.1) is 0 Å². The predicted molar refractivity (Wildman–Crippen MR) is 72.1 cm³/mol. The van der Waals surface area contributed by atoms with Crippen LogP contribution in [0, 0.1) is 17.8 Å². The van der Waals surface area contributed by atoms with Gasteiger partial charge in [-0.1, -0.05) is 13.8 Å². The van der Waals surface area contributed by atoms with Crippen molar-refractivity contribution in [2.24, 2.45) is 17.8 Å². The molecule has 1 heterocycles. The molecule has 3 nitrogen and oxygen atoms in total. The lowest BCUT2D eigenvalue weighted by molar-refractivity contribution is -0.000127. The largest absolute Gasteiger partial charge is 0.468 e. The first-order valence-electron chi connectivity index (χ1n) is 6.95. The third kappa shape index (κ3) is 3.36. The van der Waals surface area contributed by atoms with E-state index in [1.165, 1.54) is 6.42 Å². The summed E-state index contributed by atoms with van der Waals surface area (Å²) in [4.78, 5) is 2.25. The Labute approximate surface area is 110 Å². The van der Waals surface area contributed by atoms with E-state index in [9.17, 15) is 5.11 Å². The van der Waals surface area contributed by atoms with E-state index in [4.69, 9.17) is 4.42 Å². The summed E-state index contributed by atoms with van der Waals surface area (Å²) in [5.41, 5.74) is 0. The number of aliphatic hydroxyl groups excluding tert-OH is 1. The zero-order valence-corrected chi connectivity index (χ0v) is 11.7. The Bertz CT molecular complexity index is 337. The SMILES string of the molecule is CC1CC(C)C(CN(C)Cc2ccco2)C(O)C1. The van der Waals surface area contributed by atoms with Gasteiger partial charge >= 0.3 is 0 Å². The highest BCUT2D eigenvalue weighted by molar-refractivity contribution is 4.98. The first-order valence-corrected chi connectivity index (χ1v) is 6.95. The van der Waals surface area contributed by atoms with Gasteiger partial charge in [-0.3, -0.25) is 4.90 Å². The van der Waals surface area contributed by atoms with E-state index in [-0.39, 0.29) is 6.10 Å². The lowest BCUT2D eigenvalue weighted by Gasteiger charge is -2.38. The molecule has 1 N–H and O–H groups in total. The van der Waals surface area contributed by atoms with Crippen molar-refractivity contribution in [1.29, 1.82) is 0 Å². The van der Waals surface area contributed by atoms with Gasteiger partial charge < -0.3 is 9.52 Å². The molecule has 0 bridgehead atoms. The second-order valence-electron chi connectivity index (χ2n) is 6.06. The van der Waals surface area contributed by atoms with Crippen molar-refractivity contribution in [1.82, 2.24) is 4.90 Å². The van der Waals surface area contributed by atoms with E-state index in [2.05, 4.69) is 25.8 Å². The molecule has 0 saturated heterocycles. The maximum absolute atomic E-state index is 10.2. The van der Waals surface area contributed by atoms with E-state index >= 15 is 0 Å². The van der Waals surface area contributed by atoms with Crippen molar-refractivity contribution >= 4 is 0 Å². The van der Waals surface area contributed by atoms with Crippen LogP contribution in [0.2, 0.25) is 0 Å². The second kappa shape index (κ2) is 5.89. The van der Waals surface area contributed by atoms with Gasteiger partial charge in [0.25, 0.3) is 0 Å². The third-order valence-electron chi connectivity index (χ3n) is 4.17. The molecule has 18 heavy (non-hydrogen) atoms. The van der Waals surface area contributed by atoms with Gasteiger partial charge in [-0.05, 0) is 43.9 Å². The standard InChI is InChI=1S/C15H25NO2/c1-11-7-12(2)14(15(17)8-11)10-16(3)9-13-5-4-6-18-13/h4-6,11-12,14-15,17H,7-10H2,1-3H3. The maximum atomic E-state index is 10.2. The molecule has 1 saturated carbocycles. The first kappa shape index (κ1) is 13.6. The normalized spacial score (nSPS) is 32.9. The number of hydrogen-bond donors (Lipinski definition) is 1. The van der Waals surface area contributed by atoms with E-state index in [1.54, 1.807) is 6.26 Å². The lowest BCUT2D eigenvalue weighted by atomic mass is 9.73. The highest BCUT2D eigenvalue weighted by Crippen LogP contribution is 2.34. The number of hydrogen-bond acceptors (Lipinski definition) is 3. The Balaban J connectivity index is 1.87. The molecular formula is C15H25NO2. The van der Waals surface area contributed by atoms with E-state index in [1.807, 2.05) is 12.1 Å². The summed E-state index contributed by atoms with van der Waals surface area (Å²) in [5, 5.41) is 10.2. The van der Waals surface area contributed by atoms with Crippen molar-refractivity contribution in [2.75, 3.05) is 13.6 Å². The molecule has 2 rings (SSSR count). The van der Waals surface area contributed by atoms with Crippen LogP contribution in [0.4, 0.5) is 0 Å². The zero-order valence-electron chi connectivity index (χ0n) is 11.7. The van der Waals surface area contributed by atoms with Crippen LogP contribution in [0.1, 0.15) is 32.4 Å². The Morgan fingerprint density at radius 1 is 1.39 bits per heavy atom. The average Bonchev–Trinajstić information content (AvgIpc) is 2.76. The maximum Gasteiger partial charge on any atom is 0.117 e. The van der Waals surface area contributed by atoms with Crippen LogP contribution in [0.15, 0.2) is 22.8 Å². The quantitative estimate of drug-likeness (QED) is 0.894. The van der Waals surface area contributed by atoms with Crippen LogP contribution < -0.4 is 0 Å². The van der Waals surface area contributed by atoms with Crippen LogP contribution in [0.3, 0.4) is 0 Å². The smallest absolute Gasteiger partial charge is 0.117 e. The molecule has 1 fully saturated rings. The van der Waals surface area contributed by atoms with Crippen LogP contribution in [0.25, 0.3) is 0 Å². The third-order valence-corrected chi connectivity index (χ3v) is 4.17. The molecule has 102 valence electrons. The van der Waals surface area contributed by atoms with Gasteiger partial charge in [-0.2, -0.15) is 0 Å². The zero-order chi connectivity index (χ0) is 13.1. The summed E-state index contributed by atoms with van der Waals surface area (Å²) in [6, 6.07) is 3.92.